The summed E-state index contributed by atoms with van der Waals surface area (Å²) < 4.78 is 33.5. The molecule has 1 N–H and O–H groups in total. The highest BCUT2D eigenvalue weighted by molar-refractivity contribution is 7.89. The fraction of sp³-hybridized carbons (Fsp3) is 0.440. The Morgan fingerprint density at radius 1 is 0.971 bits per heavy atom. The van der Waals surface area contributed by atoms with Crippen molar-refractivity contribution in [2.24, 2.45) is 0 Å². The predicted octanol–water partition coefficient (Wildman–Crippen LogP) is 2.86. The third kappa shape index (κ3) is 5.59. The minimum Gasteiger partial charge on any atom is -0.497 e. The molecule has 0 radical (unpaired) electrons. The summed E-state index contributed by atoms with van der Waals surface area (Å²) in [6.45, 7) is 2.20. The zero-order valence-corrected chi connectivity index (χ0v) is 20.3. The SMILES string of the molecule is COc1cccc(CNS(=O)(=O)c2ccc3c(c2)CCN3C(=O)CCC(=O)N2CCCCC2)c1. The van der Waals surface area contributed by atoms with E-state index in [0.29, 0.717) is 18.7 Å². The topological polar surface area (TPSA) is 96.0 Å². The van der Waals surface area contributed by atoms with Crippen molar-refractivity contribution in [2.75, 3.05) is 31.6 Å². The predicted molar refractivity (Wildman–Crippen MR) is 129 cm³/mol. The van der Waals surface area contributed by atoms with Crippen molar-refractivity contribution < 1.29 is 22.7 Å². The first-order valence-electron chi connectivity index (χ1n) is 11.7. The molecule has 4 rings (SSSR count). The molecule has 2 aromatic rings. The number of nitrogens with one attached hydrogen (secondary N) is 1. The summed E-state index contributed by atoms with van der Waals surface area (Å²) >= 11 is 0. The summed E-state index contributed by atoms with van der Waals surface area (Å²) in [5.41, 5.74) is 2.34. The smallest absolute Gasteiger partial charge is 0.240 e. The summed E-state index contributed by atoms with van der Waals surface area (Å²) in [4.78, 5) is 28.9. The zero-order valence-electron chi connectivity index (χ0n) is 19.5. The van der Waals surface area contributed by atoms with Gasteiger partial charge in [-0.15, -0.1) is 0 Å². The Hall–Kier alpha value is -2.91. The van der Waals surface area contributed by atoms with Crippen LogP contribution in [0.15, 0.2) is 47.4 Å². The van der Waals surface area contributed by atoms with Crippen LogP contribution < -0.4 is 14.4 Å². The maximum absolute atomic E-state index is 12.8. The molecule has 8 nitrogen and oxygen atoms in total. The number of ether oxygens (including phenoxy) is 1. The molecule has 34 heavy (non-hydrogen) atoms. The van der Waals surface area contributed by atoms with Crippen molar-refractivity contribution in [3.05, 3.63) is 53.6 Å². The number of fused-ring (bicyclic) bond motifs is 1. The quantitative estimate of drug-likeness (QED) is 0.620. The second-order valence-corrected chi connectivity index (χ2v) is 10.5. The van der Waals surface area contributed by atoms with Crippen molar-refractivity contribution in [1.29, 1.82) is 0 Å². The summed E-state index contributed by atoms with van der Waals surface area (Å²) in [6.07, 6.45) is 4.17. The molecule has 2 aromatic carbocycles. The molecule has 1 fully saturated rings. The van der Waals surface area contributed by atoms with Gasteiger partial charge in [0.05, 0.1) is 12.0 Å². The molecule has 182 valence electrons. The molecular weight excluding hydrogens is 454 g/mol. The Balaban J connectivity index is 1.37. The van der Waals surface area contributed by atoms with E-state index >= 15 is 0 Å². The summed E-state index contributed by atoms with van der Waals surface area (Å²) in [5, 5.41) is 0. The molecule has 0 unspecified atom stereocenters. The number of rotatable bonds is 8. The number of methoxy groups -OCH3 is 1. The van der Waals surface area contributed by atoms with E-state index in [1.165, 1.54) is 6.07 Å². The van der Waals surface area contributed by atoms with E-state index in [0.717, 1.165) is 49.2 Å². The number of nitrogens with zero attached hydrogens (tertiary/aromatic N) is 2. The van der Waals surface area contributed by atoms with Gasteiger partial charge in [0.1, 0.15) is 5.75 Å². The van der Waals surface area contributed by atoms with Crippen LogP contribution in [0.3, 0.4) is 0 Å². The third-order valence-corrected chi connectivity index (χ3v) is 7.82. The summed E-state index contributed by atoms with van der Waals surface area (Å²) in [5.74, 6) is 0.600. The van der Waals surface area contributed by atoms with Gasteiger partial charge in [-0.25, -0.2) is 13.1 Å². The van der Waals surface area contributed by atoms with Crippen molar-refractivity contribution >= 4 is 27.5 Å². The fourth-order valence-electron chi connectivity index (χ4n) is 4.50. The number of anilines is 1. The molecule has 1 saturated heterocycles. The van der Waals surface area contributed by atoms with E-state index in [1.807, 2.05) is 17.0 Å². The third-order valence-electron chi connectivity index (χ3n) is 6.42. The van der Waals surface area contributed by atoms with Crippen molar-refractivity contribution in [1.82, 2.24) is 9.62 Å². The molecule has 0 aliphatic carbocycles. The van der Waals surface area contributed by atoms with Gasteiger partial charge in [0.2, 0.25) is 21.8 Å². The average Bonchev–Trinajstić information content (AvgIpc) is 3.30. The molecule has 2 aliphatic heterocycles. The zero-order chi connectivity index (χ0) is 24.1. The van der Waals surface area contributed by atoms with Gasteiger partial charge < -0.3 is 14.5 Å². The van der Waals surface area contributed by atoms with Gasteiger partial charge in [0.25, 0.3) is 0 Å². The normalized spacial score (nSPS) is 15.8. The number of hydrogen-bond donors (Lipinski definition) is 1. The summed E-state index contributed by atoms with van der Waals surface area (Å²) in [6, 6.07) is 12.1. The highest BCUT2D eigenvalue weighted by Gasteiger charge is 2.27. The van der Waals surface area contributed by atoms with Crippen molar-refractivity contribution in [3.63, 3.8) is 0 Å². The molecule has 9 heteroatoms. The van der Waals surface area contributed by atoms with Crippen LogP contribution in [0, 0.1) is 0 Å². The van der Waals surface area contributed by atoms with Gasteiger partial charge in [-0.05, 0) is 67.1 Å². The molecule has 0 atom stereocenters. The van der Waals surface area contributed by atoms with Crippen LogP contribution in [-0.2, 0) is 32.6 Å². The Labute approximate surface area is 200 Å². The van der Waals surface area contributed by atoms with Crippen LogP contribution in [0.5, 0.6) is 5.75 Å². The van der Waals surface area contributed by atoms with Crippen LogP contribution in [0.25, 0.3) is 0 Å². The highest BCUT2D eigenvalue weighted by Crippen LogP contribution is 2.31. The number of carbonyl (C=O) groups is 2. The van der Waals surface area contributed by atoms with E-state index in [2.05, 4.69) is 4.72 Å². The van der Waals surface area contributed by atoms with Crippen LogP contribution in [0.2, 0.25) is 0 Å². The maximum atomic E-state index is 12.8. The number of amides is 2. The minimum absolute atomic E-state index is 0.0380. The average molecular weight is 486 g/mol. The molecular formula is C25H31N3O5S. The van der Waals surface area contributed by atoms with Crippen LogP contribution >= 0.6 is 0 Å². The molecule has 0 spiro atoms. The number of piperidine rings is 1. The van der Waals surface area contributed by atoms with Gasteiger partial charge in [-0.3, -0.25) is 9.59 Å². The lowest BCUT2D eigenvalue weighted by Gasteiger charge is -2.27. The summed E-state index contributed by atoms with van der Waals surface area (Å²) in [7, 11) is -2.15. The number of carbonyl (C=O) groups excluding carboxylic acids is 2. The van der Waals surface area contributed by atoms with Gasteiger partial charge >= 0.3 is 0 Å². The highest BCUT2D eigenvalue weighted by atomic mass is 32.2. The van der Waals surface area contributed by atoms with E-state index in [-0.39, 0.29) is 36.1 Å². The Morgan fingerprint density at radius 3 is 2.50 bits per heavy atom. The molecule has 0 aromatic heterocycles. The maximum Gasteiger partial charge on any atom is 0.240 e. The molecule has 2 aliphatic rings. The van der Waals surface area contributed by atoms with Gasteiger partial charge in [0.15, 0.2) is 0 Å². The first-order chi connectivity index (χ1) is 16.4. The Bertz CT molecular complexity index is 1160. The second-order valence-electron chi connectivity index (χ2n) is 8.70. The van der Waals surface area contributed by atoms with Crippen LogP contribution in [0.1, 0.15) is 43.2 Å². The Morgan fingerprint density at radius 2 is 1.74 bits per heavy atom. The monoisotopic (exact) mass is 485 g/mol. The second kappa shape index (κ2) is 10.6. The molecule has 0 bridgehead atoms. The van der Waals surface area contributed by atoms with Crippen molar-refractivity contribution in [2.45, 2.75) is 50.0 Å². The number of likely N-dealkylation sites (tertiary alicyclic amines) is 1. The van der Waals surface area contributed by atoms with E-state index in [1.54, 1.807) is 36.3 Å². The standard InChI is InChI=1S/C25H31N3O5S/c1-33-21-7-5-6-19(16-21)18-26-34(31,32)22-8-9-23-20(17-22)12-15-28(23)25(30)11-10-24(29)27-13-3-2-4-14-27/h5-9,16-17,26H,2-4,10-15,18H2,1H3. The molecule has 0 saturated carbocycles. The van der Waals surface area contributed by atoms with Gasteiger partial charge in [-0.1, -0.05) is 12.1 Å². The number of hydrogen-bond acceptors (Lipinski definition) is 5. The Kier molecular flexibility index (Phi) is 7.53. The lowest BCUT2D eigenvalue weighted by molar-refractivity contribution is -0.133. The van der Waals surface area contributed by atoms with Crippen molar-refractivity contribution in [3.8, 4) is 5.75 Å². The van der Waals surface area contributed by atoms with Crippen LogP contribution in [-0.4, -0.2) is 51.9 Å². The lowest BCUT2D eigenvalue weighted by Crippen LogP contribution is -2.37. The van der Waals surface area contributed by atoms with E-state index in [4.69, 9.17) is 4.74 Å². The first kappa shape index (κ1) is 24.2. The molecule has 2 amide bonds. The lowest BCUT2D eigenvalue weighted by atomic mass is 10.1. The van der Waals surface area contributed by atoms with Crippen LogP contribution in [0.4, 0.5) is 5.69 Å². The minimum atomic E-state index is -3.72. The number of sulfonamides is 1. The van der Waals surface area contributed by atoms with E-state index < -0.39 is 10.0 Å². The largest absolute Gasteiger partial charge is 0.497 e. The number of benzene rings is 2. The van der Waals surface area contributed by atoms with Gasteiger partial charge in [0, 0.05) is 44.7 Å². The van der Waals surface area contributed by atoms with Gasteiger partial charge in [-0.2, -0.15) is 0 Å². The molecule has 2 heterocycles. The fourth-order valence-corrected chi connectivity index (χ4v) is 5.57. The van der Waals surface area contributed by atoms with E-state index in [9.17, 15) is 18.0 Å². The first-order valence-corrected chi connectivity index (χ1v) is 13.2.